The molecular formula is C46H44N2O7S. The van der Waals surface area contributed by atoms with Crippen LogP contribution in [0.1, 0.15) is 66.8 Å². The summed E-state index contributed by atoms with van der Waals surface area (Å²) in [5, 5.41) is 22.0. The maximum Gasteiger partial charge on any atom is 0.303 e. The summed E-state index contributed by atoms with van der Waals surface area (Å²) in [4.78, 5) is 28.2. The summed E-state index contributed by atoms with van der Waals surface area (Å²) in [5.74, 6) is 0.364. The molecule has 1 aliphatic rings. The highest BCUT2D eigenvalue weighted by atomic mass is 32.2. The standard InChI is InChI=1S/C46H44N2O7S/c49-29-31-19-21-33(22-20-31)40-27-38(30-56-46-48-43(34-11-3-1-4-12-34)44(55-46)35-13-5-2-6-14-35)53-45(54-40)36-25-23-32(24-26-36)39-16-8-7-15-37(39)28-47-41(50)17-9-10-18-42(51)52/h1-8,11-16,19-26,38,40,45,49H,9-10,17-18,27-30H2,(H,47,50)(H,51,52)/t38-,40+,45+/m1/s1. The van der Waals surface area contributed by atoms with Gasteiger partial charge in [0.2, 0.25) is 5.91 Å². The monoisotopic (exact) mass is 768 g/mol. The molecule has 0 saturated carbocycles. The molecule has 1 aliphatic heterocycles. The van der Waals surface area contributed by atoms with Crippen LogP contribution in [0.25, 0.3) is 33.7 Å². The van der Waals surface area contributed by atoms with Crippen LogP contribution in [0.4, 0.5) is 0 Å². The van der Waals surface area contributed by atoms with Gasteiger partial charge in [0.25, 0.3) is 5.22 Å². The molecule has 7 rings (SSSR count). The lowest BCUT2D eigenvalue weighted by atomic mass is 9.97. The van der Waals surface area contributed by atoms with Gasteiger partial charge in [-0.3, -0.25) is 9.59 Å². The van der Waals surface area contributed by atoms with Crippen LogP contribution in [0.2, 0.25) is 0 Å². The van der Waals surface area contributed by atoms with Crippen LogP contribution in [0.5, 0.6) is 0 Å². The molecule has 0 spiro atoms. The summed E-state index contributed by atoms with van der Waals surface area (Å²) in [6, 6.07) is 44.0. The Morgan fingerprint density at radius 3 is 2.11 bits per heavy atom. The first-order valence-electron chi connectivity index (χ1n) is 18.9. The number of hydrogen-bond donors (Lipinski definition) is 3. The molecule has 0 bridgehead atoms. The van der Waals surface area contributed by atoms with Crippen molar-refractivity contribution in [3.63, 3.8) is 0 Å². The SMILES string of the molecule is O=C(O)CCCCC(=O)NCc1ccccc1-c1ccc([C@H]2O[C@@H](CSc3nc(-c4ccccc4)c(-c4ccccc4)o3)C[C@@H](c3ccc(CO)cc3)O2)cc1. The summed E-state index contributed by atoms with van der Waals surface area (Å²) in [7, 11) is 0. The number of carboxylic acids is 1. The molecule has 1 saturated heterocycles. The molecule has 0 unspecified atom stereocenters. The van der Waals surface area contributed by atoms with Crippen molar-refractivity contribution in [1.82, 2.24) is 10.3 Å². The van der Waals surface area contributed by atoms with Crippen LogP contribution in [-0.4, -0.2) is 38.9 Å². The van der Waals surface area contributed by atoms with Crippen LogP contribution in [0, 0.1) is 0 Å². The van der Waals surface area contributed by atoms with E-state index >= 15 is 0 Å². The molecule has 2 heterocycles. The number of thioether (sulfide) groups is 1. The summed E-state index contributed by atoms with van der Waals surface area (Å²) in [6.45, 7) is 0.337. The Balaban J connectivity index is 1.07. The summed E-state index contributed by atoms with van der Waals surface area (Å²) < 4.78 is 19.7. The van der Waals surface area contributed by atoms with Crippen LogP contribution < -0.4 is 5.32 Å². The lowest BCUT2D eigenvalue weighted by Crippen LogP contribution is -2.31. The van der Waals surface area contributed by atoms with Crippen molar-refractivity contribution < 1.29 is 33.7 Å². The number of carbonyl (C=O) groups excluding carboxylic acids is 1. The van der Waals surface area contributed by atoms with E-state index in [0.29, 0.717) is 43.2 Å². The first kappa shape index (κ1) is 38.7. The molecule has 10 heteroatoms. The van der Waals surface area contributed by atoms with Crippen molar-refractivity contribution in [3.8, 4) is 33.7 Å². The van der Waals surface area contributed by atoms with Crippen molar-refractivity contribution in [1.29, 1.82) is 0 Å². The van der Waals surface area contributed by atoms with Gasteiger partial charge in [-0.15, -0.1) is 0 Å². The predicted molar refractivity (Wildman–Crippen MR) is 216 cm³/mol. The zero-order chi connectivity index (χ0) is 38.7. The Morgan fingerprint density at radius 1 is 0.732 bits per heavy atom. The fourth-order valence-corrected chi connectivity index (χ4v) is 7.59. The summed E-state index contributed by atoms with van der Waals surface area (Å²) >= 11 is 1.52. The quantitative estimate of drug-likeness (QED) is 0.0651. The number of rotatable bonds is 16. The van der Waals surface area contributed by atoms with Crippen LogP contribution >= 0.6 is 11.8 Å². The lowest BCUT2D eigenvalue weighted by Gasteiger charge is -2.36. The fourth-order valence-electron chi connectivity index (χ4n) is 6.75. The second-order valence-corrected chi connectivity index (χ2v) is 14.7. The van der Waals surface area contributed by atoms with Gasteiger partial charge in [0, 0.05) is 48.3 Å². The topological polar surface area (TPSA) is 131 Å². The van der Waals surface area contributed by atoms with E-state index in [1.54, 1.807) is 0 Å². The third-order valence-corrected chi connectivity index (χ3v) is 10.7. The van der Waals surface area contributed by atoms with Gasteiger partial charge in [-0.25, -0.2) is 4.98 Å². The average molecular weight is 769 g/mol. The Bertz CT molecular complexity index is 2130. The van der Waals surface area contributed by atoms with E-state index < -0.39 is 12.3 Å². The highest BCUT2D eigenvalue weighted by molar-refractivity contribution is 7.99. The summed E-state index contributed by atoms with van der Waals surface area (Å²) in [6.07, 6.45) is 0.913. The Morgan fingerprint density at radius 2 is 1.39 bits per heavy atom. The maximum absolute atomic E-state index is 12.5. The molecule has 3 atom stereocenters. The number of aliphatic hydroxyl groups excluding tert-OH is 1. The van der Waals surface area contributed by atoms with Crippen LogP contribution in [-0.2, 0) is 32.2 Å². The van der Waals surface area contributed by atoms with Crippen LogP contribution in [0.3, 0.4) is 0 Å². The van der Waals surface area contributed by atoms with Gasteiger partial charge in [-0.1, -0.05) is 145 Å². The first-order chi connectivity index (χ1) is 27.4. The number of aliphatic hydroxyl groups is 1. The number of aliphatic carboxylic acids is 1. The van der Waals surface area contributed by atoms with Gasteiger partial charge in [0.05, 0.1) is 18.8 Å². The van der Waals surface area contributed by atoms with E-state index in [1.165, 1.54) is 11.8 Å². The zero-order valence-corrected chi connectivity index (χ0v) is 31.7. The molecule has 1 fully saturated rings. The van der Waals surface area contributed by atoms with Gasteiger partial charge in [-0.2, -0.15) is 0 Å². The van der Waals surface area contributed by atoms with Crippen LogP contribution in [0.15, 0.2) is 143 Å². The fraction of sp³-hybridized carbons (Fsp3) is 0.239. The molecule has 9 nitrogen and oxygen atoms in total. The van der Waals surface area contributed by atoms with Crippen molar-refractivity contribution in [2.45, 2.75) is 69.0 Å². The molecule has 0 aliphatic carbocycles. The van der Waals surface area contributed by atoms with Gasteiger partial charge >= 0.3 is 5.97 Å². The number of amides is 1. The first-order valence-corrected chi connectivity index (χ1v) is 19.8. The van der Waals surface area contributed by atoms with E-state index in [2.05, 4.69) is 5.32 Å². The van der Waals surface area contributed by atoms with Gasteiger partial charge < -0.3 is 29.4 Å². The molecular weight excluding hydrogens is 725 g/mol. The molecule has 6 aromatic rings. The smallest absolute Gasteiger partial charge is 0.303 e. The van der Waals surface area contributed by atoms with Gasteiger partial charge in [0.1, 0.15) is 5.69 Å². The molecule has 56 heavy (non-hydrogen) atoms. The van der Waals surface area contributed by atoms with E-state index in [0.717, 1.165) is 56.0 Å². The van der Waals surface area contributed by atoms with Gasteiger partial charge in [-0.05, 0) is 40.7 Å². The number of carbonyl (C=O) groups is 2. The maximum atomic E-state index is 12.5. The normalized spacial score (nSPS) is 16.7. The second kappa shape index (κ2) is 18.9. The minimum absolute atomic E-state index is 0.0284. The molecule has 3 N–H and O–H groups in total. The number of carboxylic acid groups (broad SMARTS) is 1. The molecule has 5 aromatic carbocycles. The number of unbranched alkanes of at least 4 members (excludes halogenated alkanes) is 1. The lowest BCUT2D eigenvalue weighted by molar-refractivity contribution is -0.245. The Kier molecular flexibility index (Phi) is 13.1. The van der Waals surface area contributed by atoms with Gasteiger partial charge in [0.15, 0.2) is 12.1 Å². The minimum Gasteiger partial charge on any atom is -0.481 e. The largest absolute Gasteiger partial charge is 0.481 e. The number of nitrogens with one attached hydrogen (secondary N) is 1. The van der Waals surface area contributed by atoms with Crippen molar-refractivity contribution >= 4 is 23.6 Å². The highest BCUT2D eigenvalue weighted by Crippen LogP contribution is 2.41. The van der Waals surface area contributed by atoms with E-state index in [1.807, 2.05) is 133 Å². The number of ether oxygens (including phenoxy) is 2. The highest BCUT2D eigenvalue weighted by Gasteiger charge is 2.33. The van der Waals surface area contributed by atoms with E-state index in [4.69, 9.17) is 24.0 Å². The molecule has 1 amide bonds. The molecule has 0 radical (unpaired) electrons. The predicted octanol–water partition coefficient (Wildman–Crippen LogP) is 9.77. The van der Waals surface area contributed by atoms with E-state index in [9.17, 15) is 14.7 Å². The summed E-state index contributed by atoms with van der Waals surface area (Å²) in [5.41, 5.74) is 8.43. The Labute approximate surface area is 330 Å². The third-order valence-electron chi connectivity index (χ3n) is 9.73. The third kappa shape index (κ3) is 10.0. The Hall–Kier alpha value is -5.52. The second-order valence-electron chi connectivity index (χ2n) is 13.7. The minimum atomic E-state index is -0.850. The average Bonchev–Trinajstić information content (AvgIpc) is 3.69. The number of aromatic nitrogens is 1. The number of oxazole rings is 1. The van der Waals surface area contributed by atoms with E-state index in [-0.39, 0.29) is 31.1 Å². The number of hydrogen-bond acceptors (Lipinski definition) is 8. The van der Waals surface area contributed by atoms with Crippen molar-refractivity contribution in [2.75, 3.05) is 5.75 Å². The van der Waals surface area contributed by atoms with Crippen molar-refractivity contribution in [3.05, 3.63) is 156 Å². The molecule has 286 valence electrons. The number of benzene rings is 5. The van der Waals surface area contributed by atoms with Crippen molar-refractivity contribution in [2.24, 2.45) is 0 Å². The number of nitrogens with zero attached hydrogens (tertiary/aromatic N) is 1. The zero-order valence-electron chi connectivity index (χ0n) is 30.9. The molecule has 1 aromatic heterocycles.